The van der Waals surface area contributed by atoms with Crippen LogP contribution in [0, 0.1) is 0 Å². The first-order chi connectivity index (χ1) is 9.74. The van der Waals surface area contributed by atoms with E-state index in [2.05, 4.69) is 9.72 Å². The number of aromatic nitrogens is 1. The first-order valence-corrected chi connectivity index (χ1v) is 7.48. The molecule has 0 aliphatic carbocycles. The Hall–Kier alpha value is -1.88. The normalized spacial score (nSPS) is 8.65. The molecule has 0 radical (unpaired) electrons. The average molecular weight is 294 g/mol. The number of carbonyl (C=O) groups is 1. The van der Waals surface area contributed by atoms with Crippen molar-refractivity contribution >= 4 is 23.0 Å². The van der Waals surface area contributed by atoms with E-state index in [1.54, 1.807) is 6.20 Å². The van der Waals surface area contributed by atoms with Gasteiger partial charge in [0.1, 0.15) is 4.88 Å². The summed E-state index contributed by atoms with van der Waals surface area (Å²) in [5.41, 5.74) is 7.83. The van der Waals surface area contributed by atoms with Gasteiger partial charge in [0.2, 0.25) is 0 Å². The first kappa shape index (κ1) is 18.1. The Bertz CT molecular complexity index is 510. The molecule has 5 heteroatoms. The van der Waals surface area contributed by atoms with Crippen LogP contribution in [-0.2, 0) is 4.74 Å². The number of nitrogens with two attached hydrogens (primary N) is 1. The molecule has 0 unspecified atom stereocenters. The van der Waals surface area contributed by atoms with E-state index in [-0.39, 0.29) is 0 Å². The number of hydrogen-bond donors (Lipinski definition) is 1. The smallest absolute Gasteiger partial charge is 0.350 e. The maximum absolute atomic E-state index is 11.4. The standard InChI is InChI=1S/C11H10N2O2S.2C2H6/c1-15-11(14)10-9(12)7(6-16-10)8-4-2-3-5-13-8;2*1-2/h2-6H,12H2,1H3;2*1-2H3. The highest BCUT2D eigenvalue weighted by atomic mass is 32.1. The number of carbonyl (C=O) groups excluding carboxylic acids is 1. The number of pyridine rings is 1. The summed E-state index contributed by atoms with van der Waals surface area (Å²) in [6.45, 7) is 8.00. The molecular weight excluding hydrogens is 272 g/mol. The van der Waals surface area contributed by atoms with Crippen molar-refractivity contribution in [3.8, 4) is 11.3 Å². The molecule has 0 fully saturated rings. The summed E-state index contributed by atoms with van der Waals surface area (Å²) >= 11 is 1.26. The lowest BCUT2D eigenvalue weighted by Gasteiger charge is -2.00. The van der Waals surface area contributed by atoms with Crippen LogP contribution >= 0.6 is 11.3 Å². The highest BCUT2D eigenvalue weighted by molar-refractivity contribution is 7.13. The van der Waals surface area contributed by atoms with Crippen LogP contribution in [0.5, 0.6) is 0 Å². The highest BCUT2D eigenvalue weighted by Crippen LogP contribution is 2.33. The van der Waals surface area contributed by atoms with Crippen LogP contribution in [0.2, 0.25) is 0 Å². The van der Waals surface area contributed by atoms with Crippen molar-refractivity contribution in [1.29, 1.82) is 0 Å². The van der Waals surface area contributed by atoms with Crippen LogP contribution in [0.3, 0.4) is 0 Å². The lowest BCUT2D eigenvalue weighted by Crippen LogP contribution is -2.02. The van der Waals surface area contributed by atoms with E-state index in [1.807, 2.05) is 51.3 Å². The van der Waals surface area contributed by atoms with Crippen molar-refractivity contribution in [2.75, 3.05) is 12.8 Å². The van der Waals surface area contributed by atoms with E-state index < -0.39 is 5.97 Å². The Labute approximate surface area is 124 Å². The molecule has 0 saturated carbocycles. The summed E-state index contributed by atoms with van der Waals surface area (Å²) in [6, 6.07) is 5.55. The fourth-order valence-corrected chi connectivity index (χ4v) is 2.24. The molecule has 2 aromatic rings. The van der Waals surface area contributed by atoms with Gasteiger partial charge in [-0.2, -0.15) is 0 Å². The molecule has 0 atom stereocenters. The molecule has 2 aromatic heterocycles. The van der Waals surface area contributed by atoms with Crippen molar-refractivity contribution in [3.63, 3.8) is 0 Å². The quantitative estimate of drug-likeness (QED) is 0.842. The monoisotopic (exact) mass is 294 g/mol. The first-order valence-electron chi connectivity index (χ1n) is 6.60. The van der Waals surface area contributed by atoms with E-state index in [4.69, 9.17) is 5.73 Å². The fourth-order valence-electron chi connectivity index (χ4n) is 1.34. The van der Waals surface area contributed by atoms with Gasteiger partial charge in [-0.05, 0) is 12.1 Å². The maximum Gasteiger partial charge on any atom is 0.350 e. The minimum Gasteiger partial charge on any atom is -0.465 e. The van der Waals surface area contributed by atoms with E-state index >= 15 is 0 Å². The number of anilines is 1. The lowest BCUT2D eigenvalue weighted by atomic mass is 10.2. The molecule has 2 heterocycles. The van der Waals surface area contributed by atoms with Crippen LogP contribution in [-0.4, -0.2) is 18.1 Å². The number of rotatable bonds is 2. The molecular formula is C15H22N2O2S. The van der Waals surface area contributed by atoms with Gasteiger partial charge in [-0.25, -0.2) is 4.79 Å². The van der Waals surface area contributed by atoms with E-state index in [1.165, 1.54) is 18.4 Å². The molecule has 2 N–H and O–H groups in total. The minimum atomic E-state index is -0.412. The lowest BCUT2D eigenvalue weighted by molar-refractivity contribution is 0.0607. The third-order valence-electron chi connectivity index (χ3n) is 2.14. The number of ether oxygens (including phenoxy) is 1. The molecule has 0 aromatic carbocycles. The second-order valence-electron chi connectivity index (χ2n) is 3.10. The highest BCUT2D eigenvalue weighted by Gasteiger charge is 2.17. The van der Waals surface area contributed by atoms with Crippen LogP contribution in [0.4, 0.5) is 5.69 Å². The van der Waals surface area contributed by atoms with Gasteiger partial charge in [0.25, 0.3) is 0 Å². The van der Waals surface area contributed by atoms with Gasteiger partial charge in [0.15, 0.2) is 0 Å². The third kappa shape index (κ3) is 4.35. The maximum atomic E-state index is 11.4. The third-order valence-corrected chi connectivity index (χ3v) is 3.12. The van der Waals surface area contributed by atoms with Crippen LogP contribution in [0.25, 0.3) is 11.3 Å². The van der Waals surface area contributed by atoms with Gasteiger partial charge in [0, 0.05) is 17.1 Å². The molecule has 0 amide bonds. The van der Waals surface area contributed by atoms with Crippen LogP contribution in [0.15, 0.2) is 29.8 Å². The number of nitrogen functional groups attached to an aromatic ring is 1. The molecule has 0 aliphatic rings. The van der Waals surface area contributed by atoms with Gasteiger partial charge in [-0.15, -0.1) is 11.3 Å². The number of nitrogens with zero attached hydrogens (tertiary/aromatic N) is 1. The summed E-state index contributed by atoms with van der Waals surface area (Å²) in [5.74, 6) is -0.412. The molecule has 4 nitrogen and oxygen atoms in total. The summed E-state index contributed by atoms with van der Waals surface area (Å²) < 4.78 is 4.64. The summed E-state index contributed by atoms with van der Waals surface area (Å²) in [4.78, 5) is 16.0. The minimum absolute atomic E-state index is 0.412. The van der Waals surface area contributed by atoms with Crippen LogP contribution in [0.1, 0.15) is 37.4 Å². The second-order valence-corrected chi connectivity index (χ2v) is 3.98. The summed E-state index contributed by atoms with van der Waals surface area (Å²) in [5, 5.41) is 1.81. The zero-order chi connectivity index (χ0) is 15.5. The van der Waals surface area contributed by atoms with E-state index in [0.29, 0.717) is 10.6 Å². The molecule has 0 aliphatic heterocycles. The van der Waals surface area contributed by atoms with E-state index in [0.717, 1.165) is 11.3 Å². The number of hydrogen-bond acceptors (Lipinski definition) is 5. The van der Waals surface area contributed by atoms with Gasteiger partial charge in [0.05, 0.1) is 18.5 Å². The summed E-state index contributed by atoms with van der Waals surface area (Å²) in [6.07, 6.45) is 1.68. The number of methoxy groups -OCH3 is 1. The average Bonchev–Trinajstić information content (AvgIpc) is 2.93. The topological polar surface area (TPSA) is 65.2 Å². The SMILES string of the molecule is CC.CC.COC(=O)c1scc(-c2ccccn2)c1N. The fraction of sp³-hybridized carbons (Fsp3) is 0.333. The van der Waals surface area contributed by atoms with Crippen LogP contribution < -0.4 is 5.73 Å². The van der Waals surface area contributed by atoms with E-state index in [9.17, 15) is 4.79 Å². The molecule has 0 bridgehead atoms. The van der Waals surface area contributed by atoms with Crippen molar-refractivity contribution in [3.05, 3.63) is 34.7 Å². The number of esters is 1. The zero-order valence-corrected chi connectivity index (χ0v) is 13.5. The van der Waals surface area contributed by atoms with Crippen molar-refractivity contribution in [1.82, 2.24) is 4.98 Å². The predicted octanol–water partition coefficient (Wildman–Crippen LogP) is 4.23. The van der Waals surface area contributed by atoms with Crippen molar-refractivity contribution in [2.45, 2.75) is 27.7 Å². The van der Waals surface area contributed by atoms with Gasteiger partial charge in [-0.1, -0.05) is 33.8 Å². The molecule has 20 heavy (non-hydrogen) atoms. The zero-order valence-electron chi connectivity index (χ0n) is 12.6. The summed E-state index contributed by atoms with van der Waals surface area (Å²) in [7, 11) is 1.34. The Morgan fingerprint density at radius 1 is 1.25 bits per heavy atom. The second kappa shape index (κ2) is 9.97. The number of thiophene rings is 1. The Balaban J connectivity index is 0.000000829. The largest absolute Gasteiger partial charge is 0.465 e. The van der Waals surface area contributed by atoms with Crippen molar-refractivity contribution < 1.29 is 9.53 Å². The molecule has 0 spiro atoms. The molecule has 0 saturated heterocycles. The van der Waals surface area contributed by atoms with Gasteiger partial charge < -0.3 is 10.5 Å². The molecule has 110 valence electrons. The van der Waals surface area contributed by atoms with Gasteiger partial charge >= 0.3 is 5.97 Å². The van der Waals surface area contributed by atoms with Crippen molar-refractivity contribution in [2.24, 2.45) is 0 Å². The Kier molecular flexibility index (Phi) is 9.04. The van der Waals surface area contributed by atoms with Gasteiger partial charge in [-0.3, -0.25) is 4.98 Å². The predicted molar refractivity (Wildman–Crippen MR) is 86.0 cm³/mol. The Morgan fingerprint density at radius 2 is 1.90 bits per heavy atom. The molecule has 2 rings (SSSR count). The Morgan fingerprint density at radius 3 is 2.40 bits per heavy atom.